The maximum atomic E-state index is 12.8. The number of aromatic nitrogens is 2. The van der Waals surface area contributed by atoms with Crippen LogP contribution in [0.15, 0.2) is 47.5 Å². The zero-order valence-corrected chi connectivity index (χ0v) is 25.3. The van der Waals surface area contributed by atoms with Gasteiger partial charge in [0.15, 0.2) is 15.7 Å². The van der Waals surface area contributed by atoms with Gasteiger partial charge >= 0.3 is 0 Å². The Morgan fingerprint density at radius 1 is 1.08 bits per heavy atom. The molecule has 2 N–H and O–H groups in total. The molecule has 0 aliphatic carbocycles. The minimum absolute atomic E-state index is 0. The summed E-state index contributed by atoms with van der Waals surface area (Å²) in [7, 11) is 4.52. The van der Waals surface area contributed by atoms with Crippen molar-refractivity contribution in [3.63, 3.8) is 0 Å². The van der Waals surface area contributed by atoms with Crippen molar-refractivity contribution in [2.24, 2.45) is 0 Å². The van der Waals surface area contributed by atoms with E-state index in [1.54, 1.807) is 45.2 Å². The summed E-state index contributed by atoms with van der Waals surface area (Å²) in [5.74, 6) is 1.24. The normalized spacial score (nSPS) is 11.7. The molecular formula is C25H33ClIN5O3S. The molecule has 0 aliphatic heterocycles. The number of aryl methyl sites for hydroxylation is 1. The fourth-order valence-corrected chi connectivity index (χ4v) is 4.85. The highest BCUT2D eigenvalue weighted by molar-refractivity contribution is 7.92. The average Bonchev–Trinajstić information content (AvgIpc) is 2.77. The highest BCUT2D eigenvalue weighted by Gasteiger charge is 2.23. The monoisotopic (exact) mass is 645 g/mol. The Kier molecular flexibility index (Phi) is 9.97. The van der Waals surface area contributed by atoms with Crippen molar-refractivity contribution in [2.75, 3.05) is 38.9 Å². The number of methoxy groups -OCH3 is 1. The lowest BCUT2D eigenvalue weighted by Crippen LogP contribution is -3.00. The first-order chi connectivity index (χ1) is 16.3. The Balaban J connectivity index is 0.00000456. The van der Waals surface area contributed by atoms with E-state index >= 15 is 0 Å². The summed E-state index contributed by atoms with van der Waals surface area (Å²) in [6.07, 6.45) is 1.46. The van der Waals surface area contributed by atoms with Gasteiger partial charge in [-0.25, -0.2) is 13.4 Å². The SMILES string of the molecule is COc1cc(C[N+](C)(C)C)c(C)cc1Nc1ncc(Cl)c(Nc2ccccc2S(=O)(=O)C(C)C)n1.[I-]. The topological polar surface area (TPSA) is 93.2 Å². The van der Waals surface area contributed by atoms with Gasteiger partial charge in [0.2, 0.25) is 5.95 Å². The predicted molar refractivity (Wildman–Crippen MR) is 142 cm³/mol. The van der Waals surface area contributed by atoms with Crippen molar-refractivity contribution in [2.45, 2.75) is 37.5 Å². The summed E-state index contributed by atoms with van der Waals surface area (Å²) in [6.45, 7) is 6.20. The minimum atomic E-state index is -3.51. The van der Waals surface area contributed by atoms with E-state index in [9.17, 15) is 8.42 Å². The maximum Gasteiger partial charge on any atom is 0.229 e. The number of ether oxygens (including phenoxy) is 1. The lowest BCUT2D eigenvalue weighted by atomic mass is 10.1. The number of sulfone groups is 1. The van der Waals surface area contributed by atoms with Crippen LogP contribution in [0.3, 0.4) is 0 Å². The molecule has 3 rings (SSSR count). The van der Waals surface area contributed by atoms with Gasteiger partial charge in [0.1, 0.15) is 17.3 Å². The highest BCUT2D eigenvalue weighted by Crippen LogP contribution is 2.33. The summed E-state index contributed by atoms with van der Waals surface area (Å²) in [5.41, 5.74) is 3.40. The largest absolute Gasteiger partial charge is 1.00 e. The van der Waals surface area contributed by atoms with E-state index in [0.717, 1.165) is 16.6 Å². The van der Waals surface area contributed by atoms with Gasteiger partial charge in [0.25, 0.3) is 0 Å². The molecule has 0 amide bonds. The Morgan fingerprint density at radius 3 is 2.36 bits per heavy atom. The van der Waals surface area contributed by atoms with Gasteiger partial charge in [0.05, 0.1) is 56.0 Å². The van der Waals surface area contributed by atoms with Crippen LogP contribution >= 0.6 is 11.6 Å². The van der Waals surface area contributed by atoms with E-state index in [2.05, 4.69) is 48.7 Å². The van der Waals surface area contributed by atoms with Gasteiger partial charge < -0.3 is 43.8 Å². The summed E-state index contributed by atoms with van der Waals surface area (Å²) in [5, 5.41) is 5.96. The van der Waals surface area contributed by atoms with E-state index in [1.807, 2.05) is 12.1 Å². The number of benzene rings is 2. The van der Waals surface area contributed by atoms with Crippen LogP contribution in [0.5, 0.6) is 5.75 Å². The van der Waals surface area contributed by atoms with E-state index in [4.69, 9.17) is 16.3 Å². The van der Waals surface area contributed by atoms with Gasteiger partial charge in [-0.3, -0.25) is 0 Å². The number of anilines is 4. The second kappa shape index (κ2) is 11.9. The van der Waals surface area contributed by atoms with Gasteiger partial charge in [-0.15, -0.1) is 0 Å². The quantitative estimate of drug-likeness (QED) is 0.273. The Morgan fingerprint density at radius 2 is 1.75 bits per heavy atom. The summed E-state index contributed by atoms with van der Waals surface area (Å²) < 4.78 is 32.1. The van der Waals surface area contributed by atoms with Crippen molar-refractivity contribution < 1.29 is 41.6 Å². The van der Waals surface area contributed by atoms with E-state index in [0.29, 0.717) is 17.1 Å². The lowest BCUT2D eigenvalue weighted by Gasteiger charge is -2.25. The molecule has 1 heterocycles. The number of rotatable bonds is 9. The average molecular weight is 646 g/mol. The highest BCUT2D eigenvalue weighted by atomic mass is 127. The smallest absolute Gasteiger partial charge is 0.229 e. The standard InChI is InChI=1S/C25H33ClN5O3S.HI/c1-16(2)35(32,33)23-11-9-8-10-20(23)28-24-19(26)14-27-25(30-24)29-21-12-17(3)18(13-22(21)34-7)15-31(4,5)6;/h8-14,16H,15H2,1-7H3,(H2,27,28,29,30);1H/q+1;/p-1. The van der Waals surface area contributed by atoms with Crippen molar-refractivity contribution in [1.82, 2.24) is 9.97 Å². The summed E-state index contributed by atoms with van der Waals surface area (Å²) in [6, 6.07) is 10.7. The third-order valence-electron chi connectivity index (χ3n) is 5.36. The maximum absolute atomic E-state index is 12.8. The van der Waals surface area contributed by atoms with Crippen LogP contribution in [0.1, 0.15) is 25.0 Å². The zero-order valence-electron chi connectivity index (χ0n) is 21.6. The molecule has 0 spiro atoms. The molecule has 0 fully saturated rings. The number of quaternary nitrogens is 1. The molecular weight excluding hydrogens is 613 g/mol. The van der Waals surface area contributed by atoms with Crippen LogP contribution in [0.4, 0.5) is 23.1 Å². The number of para-hydroxylation sites is 1. The minimum Gasteiger partial charge on any atom is -1.00 e. The van der Waals surface area contributed by atoms with Crippen LogP contribution in [0.2, 0.25) is 5.02 Å². The number of nitrogens with zero attached hydrogens (tertiary/aromatic N) is 3. The first kappa shape index (κ1) is 30.1. The molecule has 0 radical (unpaired) electrons. The van der Waals surface area contributed by atoms with Crippen LogP contribution in [-0.2, 0) is 16.4 Å². The molecule has 0 aliphatic rings. The molecule has 0 unspecified atom stereocenters. The fourth-order valence-electron chi connectivity index (χ4n) is 3.51. The third kappa shape index (κ3) is 7.21. The molecule has 0 atom stereocenters. The number of hydrogen-bond acceptors (Lipinski definition) is 7. The number of halogens is 2. The molecule has 1 aromatic heterocycles. The molecule has 36 heavy (non-hydrogen) atoms. The molecule has 11 heteroatoms. The molecule has 0 saturated heterocycles. The third-order valence-corrected chi connectivity index (χ3v) is 7.85. The molecule has 2 aromatic carbocycles. The number of hydrogen-bond donors (Lipinski definition) is 2. The van der Waals surface area contributed by atoms with Gasteiger partial charge in [-0.05, 0) is 50.6 Å². The predicted octanol–water partition coefficient (Wildman–Crippen LogP) is 2.33. The van der Waals surface area contributed by atoms with Crippen molar-refractivity contribution in [3.8, 4) is 5.75 Å². The molecule has 0 saturated carbocycles. The molecule has 3 aromatic rings. The summed E-state index contributed by atoms with van der Waals surface area (Å²) in [4.78, 5) is 8.97. The van der Waals surface area contributed by atoms with Crippen LogP contribution in [0.25, 0.3) is 0 Å². The van der Waals surface area contributed by atoms with Crippen molar-refractivity contribution in [3.05, 3.63) is 58.7 Å². The van der Waals surface area contributed by atoms with Crippen molar-refractivity contribution in [1.29, 1.82) is 0 Å². The van der Waals surface area contributed by atoms with E-state index in [1.165, 1.54) is 11.8 Å². The van der Waals surface area contributed by atoms with Gasteiger partial charge in [-0.2, -0.15) is 4.98 Å². The Hall–Kier alpha value is -2.15. The van der Waals surface area contributed by atoms with E-state index < -0.39 is 15.1 Å². The second-order valence-corrected chi connectivity index (χ2v) is 12.5. The lowest BCUT2D eigenvalue weighted by molar-refractivity contribution is -0.884. The van der Waals surface area contributed by atoms with Crippen LogP contribution in [0, 0.1) is 6.92 Å². The zero-order chi connectivity index (χ0) is 26.0. The van der Waals surface area contributed by atoms with Crippen molar-refractivity contribution >= 4 is 44.6 Å². The molecule has 196 valence electrons. The van der Waals surface area contributed by atoms with Gasteiger partial charge in [-0.1, -0.05) is 23.7 Å². The Bertz CT molecular complexity index is 1330. The first-order valence-electron chi connectivity index (χ1n) is 11.2. The molecule has 0 bridgehead atoms. The van der Waals surface area contributed by atoms with Crippen LogP contribution < -0.4 is 39.3 Å². The fraction of sp³-hybridized carbons (Fsp3) is 0.360. The first-order valence-corrected chi connectivity index (χ1v) is 13.1. The Labute approximate surface area is 236 Å². The van der Waals surface area contributed by atoms with Gasteiger partial charge in [0, 0.05) is 5.56 Å². The van der Waals surface area contributed by atoms with E-state index in [-0.39, 0.29) is 45.7 Å². The molecule has 8 nitrogen and oxygen atoms in total. The van der Waals surface area contributed by atoms with Crippen LogP contribution in [-0.4, -0.2) is 56.4 Å². The number of nitrogens with one attached hydrogen (secondary N) is 2. The summed E-state index contributed by atoms with van der Waals surface area (Å²) >= 11 is 6.35. The second-order valence-electron chi connectivity index (χ2n) is 9.66.